The average molecular weight is 218 g/mol. The van der Waals surface area contributed by atoms with Gasteiger partial charge in [0.2, 0.25) is 0 Å². The van der Waals surface area contributed by atoms with Crippen LogP contribution >= 0.6 is 0 Å². The molecule has 2 nitrogen and oxygen atoms in total. The Balaban J connectivity index is 2.10. The van der Waals surface area contributed by atoms with Crippen LogP contribution in [0.15, 0.2) is 18.3 Å². The molecule has 1 aliphatic rings. The molecular formula is C14H22N2. The third-order valence-corrected chi connectivity index (χ3v) is 3.57. The maximum atomic E-state index is 4.41. The number of aryl methyl sites for hydroxylation is 1. The fourth-order valence-corrected chi connectivity index (χ4v) is 2.66. The first-order valence-electron chi connectivity index (χ1n) is 6.48. The van der Waals surface area contributed by atoms with Crippen molar-refractivity contribution in [2.75, 3.05) is 13.1 Å². The van der Waals surface area contributed by atoms with Crippen molar-refractivity contribution in [3.63, 3.8) is 0 Å². The van der Waals surface area contributed by atoms with Gasteiger partial charge in [-0.2, -0.15) is 0 Å². The molecule has 0 aliphatic carbocycles. The first kappa shape index (κ1) is 11.6. The van der Waals surface area contributed by atoms with Crippen LogP contribution in [0.3, 0.4) is 0 Å². The van der Waals surface area contributed by atoms with Gasteiger partial charge in [-0.25, -0.2) is 0 Å². The van der Waals surface area contributed by atoms with Gasteiger partial charge in [-0.1, -0.05) is 19.4 Å². The Bertz CT molecular complexity index is 335. The van der Waals surface area contributed by atoms with Crippen LogP contribution in [0.5, 0.6) is 0 Å². The molecule has 0 radical (unpaired) electrons. The first-order chi connectivity index (χ1) is 7.83. The zero-order valence-electron chi connectivity index (χ0n) is 10.4. The Hall–Kier alpha value is -0.890. The molecule has 1 atom stereocenters. The molecule has 0 aromatic carbocycles. The van der Waals surface area contributed by atoms with Crippen molar-refractivity contribution < 1.29 is 0 Å². The van der Waals surface area contributed by atoms with Gasteiger partial charge in [-0.3, -0.25) is 9.88 Å². The summed E-state index contributed by atoms with van der Waals surface area (Å²) >= 11 is 0. The van der Waals surface area contributed by atoms with Gasteiger partial charge in [0, 0.05) is 17.9 Å². The Morgan fingerprint density at radius 1 is 1.50 bits per heavy atom. The molecule has 0 unspecified atom stereocenters. The highest BCUT2D eigenvalue weighted by molar-refractivity contribution is 5.23. The van der Waals surface area contributed by atoms with Gasteiger partial charge in [0.15, 0.2) is 0 Å². The van der Waals surface area contributed by atoms with E-state index in [1.807, 2.05) is 6.20 Å². The van der Waals surface area contributed by atoms with E-state index in [1.165, 1.54) is 50.0 Å². The summed E-state index contributed by atoms with van der Waals surface area (Å²) < 4.78 is 0. The molecule has 0 saturated carbocycles. The summed E-state index contributed by atoms with van der Waals surface area (Å²) in [6.07, 6.45) is 7.13. The lowest BCUT2D eigenvalue weighted by Gasteiger charge is -2.25. The molecule has 1 fully saturated rings. The molecule has 16 heavy (non-hydrogen) atoms. The summed E-state index contributed by atoms with van der Waals surface area (Å²) in [5, 5.41) is 0. The van der Waals surface area contributed by atoms with Crippen molar-refractivity contribution in [1.82, 2.24) is 9.88 Å². The van der Waals surface area contributed by atoms with Crippen LogP contribution in [0.25, 0.3) is 0 Å². The molecule has 0 spiro atoms. The zero-order valence-corrected chi connectivity index (χ0v) is 10.4. The lowest BCUT2D eigenvalue weighted by Crippen LogP contribution is -2.25. The second-order valence-electron chi connectivity index (χ2n) is 4.73. The fraction of sp³-hybridized carbons (Fsp3) is 0.643. The number of hydrogen-bond donors (Lipinski definition) is 0. The van der Waals surface area contributed by atoms with Crippen molar-refractivity contribution in [3.05, 3.63) is 29.6 Å². The van der Waals surface area contributed by atoms with Gasteiger partial charge in [0.25, 0.3) is 0 Å². The average Bonchev–Trinajstić information content (AvgIpc) is 2.75. The quantitative estimate of drug-likeness (QED) is 0.770. The number of unbranched alkanes of at least 4 members (excludes halogenated alkanes) is 1. The molecule has 1 aliphatic heterocycles. The van der Waals surface area contributed by atoms with Gasteiger partial charge in [-0.05, 0) is 50.9 Å². The summed E-state index contributed by atoms with van der Waals surface area (Å²) in [7, 11) is 0. The molecule has 2 rings (SSSR count). The van der Waals surface area contributed by atoms with E-state index in [-0.39, 0.29) is 0 Å². The van der Waals surface area contributed by atoms with Crippen LogP contribution in [0, 0.1) is 6.92 Å². The van der Waals surface area contributed by atoms with Crippen molar-refractivity contribution in [3.8, 4) is 0 Å². The van der Waals surface area contributed by atoms with Crippen molar-refractivity contribution >= 4 is 0 Å². The van der Waals surface area contributed by atoms with Crippen molar-refractivity contribution in [2.24, 2.45) is 0 Å². The van der Waals surface area contributed by atoms with Crippen LogP contribution in [0.1, 0.15) is 49.9 Å². The number of nitrogens with zero attached hydrogens (tertiary/aromatic N) is 2. The molecule has 1 saturated heterocycles. The Labute approximate surface area is 98.7 Å². The van der Waals surface area contributed by atoms with E-state index in [9.17, 15) is 0 Å². The monoisotopic (exact) mass is 218 g/mol. The Morgan fingerprint density at radius 3 is 3.12 bits per heavy atom. The maximum Gasteiger partial charge on any atom is 0.0420 e. The van der Waals surface area contributed by atoms with Crippen LogP contribution in [0.2, 0.25) is 0 Å². The minimum absolute atomic E-state index is 0.625. The summed E-state index contributed by atoms with van der Waals surface area (Å²) in [6.45, 7) is 6.90. The van der Waals surface area contributed by atoms with Crippen LogP contribution in [-0.2, 0) is 0 Å². The van der Waals surface area contributed by atoms with Gasteiger partial charge in [-0.15, -0.1) is 0 Å². The summed E-state index contributed by atoms with van der Waals surface area (Å²) in [4.78, 5) is 7.04. The predicted molar refractivity (Wildman–Crippen MR) is 67.4 cm³/mol. The normalized spacial score (nSPS) is 21.5. The van der Waals surface area contributed by atoms with E-state index < -0.39 is 0 Å². The smallest absolute Gasteiger partial charge is 0.0420 e. The Kier molecular flexibility index (Phi) is 3.94. The van der Waals surface area contributed by atoms with E-state index in [4.69, 9.17) is 0 Å². The topological polar surface area (TPSA) is 16.1 Å². The van der Waals surface area contributed by atoms with Crippen LogP contribution in [-0.4, -0.2) is 23.0 Å². The highest BCUT2D eigenvalue weighted by Crippen LogP contribution is 2.32. The number of likely N-dealkylation sites (tertiary alicyclic amines) is 1. The van der Waals surface area contributed by atoms with Crippen LogP contribution < -0.4 is 0 Å². The van der Waals surface area contributed by atoms with Crippen LogP contribution in [0.4, 0.5) is 0 Å². The lowest BCUT2D eigenvalue weighted by atomic mass is 10.0. The maximum absolute atomic E-state index is 4.41. The molecule has 2 heteroatoms. The first-order valence-corrected chi connectivity index (χ1v) is 6.48. The molecule has 2 heterocycles. The van der Waals surface area contributed by atoms with Gasteiger partial charge >= 0.3 is 0 Å². The third kappa shape index (κ3) is 2.43. The van der Waals surface area contributed by atoms with Gasteiger partial charge in [0.05, 0.1) is 0 Å². The molecular weight excluding hydrogens is 196 g/mol. The molecule has 0 bridgehead atoms. The molecule has 1 aromatic heterocycles. The highest BCUT2D eigenvalue weighted by atomic mass is 15.2. The summed E-state index contributed by atoms with van der Waals surface area (Å²) in [6, 6.07) is 4.94. The zero-order chi connectivity index (χ0) is 11.4. The Morgan fingerprint density at radius 2 is 2.38 bits per heavy atom. The molecule has 0 N–H and O–H groups in total. The summed E-state index contributed by atoms with van der Waals surface area (Å²) in [5.74, 6) is 0. The molecule has 88 valence electrons. The number of pyridine rings is 1. The number of rotatable bonds is 4. The minimum Gasteiger partial charge on any atom is -0.296 e. The minimum atomic E-state index is 0.625. The van der Waals surface area contributed by atoms with E-state index in [0.29, 0.717) is 6.04 Å². The van der Waals surface area contributed by atoms with E-state index in [2.05, 4.69) is 35.9 Å². The van der Waals surface area contributed by atoms with Gasteiger partial charge < -0.3 is 0 Å². The van der Waals surface area contributed by atoms with Crippen molar-refractivity contribution in [2.45, 2.75) is 45.6 Å². The second kappa shape index (κ2) is 5.44. The summed E-state index contributed by atoms with van der Waals surface area (Å²) in [5.41, 5.74) is 2.65. The largest absolute Gasteiger partial charge is 0.296 e. The van der Waals surface area contributed by atoms with E-state index in [0.717, 1.165) is 0 Å². The second-order valence-corrected chi connectivity index (χ2v) is 4.73. The number of aromatic nitrogens is 1. The lowest BCUT2D eigenvalue weighted by molar-refractivity contribution is 0.252. The fourth-order valence-electron chi connectivity index (χ4n) is 2.66. The molecule has 0 amide bonds. The van der Waals surface area contributed by atoms with E-state index in [1.54, 1.807) is 0 Å². The number of hydrogen-bond acceptors (Lipinski definition) is 2. The van der Waals surface area contributed by atoms with Crippen molar-refractivity contribution in [1.29, 1.82) is 0 Å². The van der Waals surface area contributed by atoms with E-state index >= 15 is 0 Å². The molecule has 1 aromatic rings. The third-order valence-electron chi connectivity index (χ3n) is 3.57. The highest BCUT2D eigenvalue weighted by Gasteiger charge is 2.26. The van der Waals surface area contributed by atoms with Gasteiger partial charge in [0.1, 0.15) is 0 Å². The predicted octanol–water partition coefficient (Wildman–Crippen LogP) is 3.33. The standard InChI is InChI=1S/C14H22N2/c1-3-4-10-16-11-6-8-14(16)13-7-5-9-15-12(13)2/h5,7,9,14H,3-4,6,8,10-11H2,1-2H3/t14-/m1/s1. The SMILES string of the molecule is CCCCN1CCC[C@@H]1c1cccnc1C.